The topological polar surface area (TPSA) is 46.2 Å². The van der Waals surface area contributed by atoms with Gasteiger partial charge in [0.25, 0.3) is 0 Å². The summed E-state index contributed by atoms with van der Waals surface area (Å²) in [5.41, 5.74) is 5.04. The van der Waals surface area contributed by atoms with Crippen molar-refractivity contribution in [3.8, 4) is 0 Å². The van der Waals surface area contributed by atoms with E-state index in [0.717, 1.165) is 25.8 Å². The molecule has 0 aromatic carbocycles. The summed E-state index contributed by atoms with van der Waals surface area (Å²) in [5, 5.41) is 10.0. The summed E-state index contributed by atoms with van der Waals surface area (Å²) in [5.74, 6) is 0.495. The van der Waals surface area contributed by atoms with Gasteiger partial charge in [-0.1, -0.05) is 12.8 Å². The van der Waals surface area contributed by atoms with Gasteiger partial charge < -0.3 is 10.8 Å². The Bertz CT molecular complexity index is 134. The van der Waals surface area contributed by atoms with Crippen LogP contribution in [0.1, 0.15) is 45.4 Å². The Balaban J connectivity index is 2.37. The molecule has 3 N–H and O–H groups in total. The highest BCUT2D eigenvalue weighted by atomic mass is 16.3. The molecule has 2 atom stereocenters. The average Bonchev–Trinajstić information content (AvgIpc) is 2.02. The lowest BCUT2D eigenvalue weighted by molar-refractivity contribution is -0.0352. The summed E-state index contributed by atoms with van der Waals surface area (Å²) in [4.78, 5) is 0. The zero-order chi connectivity index (χ0) is 9.03. The van der Waals surface area contributed by atoms with E-state index in [4.69, 9.17) is 5.73 Å². The molecule has 0 heterocycles. The quantitative estimate of drug-likeness (QED) is 0.678. The van der Waals surface area contributed by atoms with E-state index >= 15 is 0 Å². The van der Waals surface area contributed by atoms with Crippen molar-refractivity contribution < 1.29 is 5.11 Å². The molecule has 1 aliphatic rings. The van der Waals surface area contributed by atoms with E-state index < -0.39 is 5.60 Å². The zero-order valence-electron chi connectivity index (χ0n) is 8.05. The Kier molecular flexibility index (Phi) is 3.53. The molecule has 0 aromatic rings. The molecule has 0 radical (unpaired) electrons. The lowest BCUT2D eigenvalue weighted by Gasteiger charge is -2.37. The van der Waals surface area contributed by atoms with Crippen LogP contribution in [0, 0.1) is 5.92 Å². The van der Waals surface area contributed by atoms with Crippen molar-refractivity contribution in [1.29, 1.82) is 0 Å². The van der Waals surface area contributed by atoms with E-state index in [9.17, 15) is 5.11 Å². The maximum Gasteiger partial charge on any atom is 0.0647 e. The minimum absolute atomic E-state index is 0.409. The number of rotatable bonds is 3. The molecule has 2 nitrogen and oxygen atoms in total. The summed E-state index contributed by atoms with van der Waals surface area (Å²) in [6.07, 6.45) is 6.79. The summed E-state index contributed by atoms with van der Waals surface area (Å²) in [6, 6.07) is 0. The fourth-order valence-electron chi connectivity index (χ4n) is 2.21. The lowest BCUT2D eigenvalue weighted by atomic mass is 9.74. The summed E-state index contributed by atoms with van der Waals surface area (Å²) < 4.78 is 0. The molecule has 72 valence electrons. The lowest BCUT2D eigenvalue weighted by Crippen LogP contribution is -2.37. The second-order valence-corrected chi connectivity index (χ2v) is 4.23. The smallest absolute Gasteiger partial charge is 0.0647 e. The predicted octanol–water partition coefficient (Wildman–Crippen LogP) is 1.67. The van der Waals surface area contributed by atoms with Gasteiger partial charge >= 0.3 is 0 Å². The van der Waals surface area contributed by atoms with Crippen LogP contribution >= 0.6 is 0 Å². The first kappa shape index (κ1) is 10.0. The highest BCUT2D eigenvalue weighted by Crippen LogP contribution is 2.35. The van der Waals surface area contributed by atoms with E-state index in [1.54, 1.807) is 0 Å². The molecular weight excluding hydrogens is 150 g/mol. The standard InChI is InChI=1S/C10H21NO/c1-10(12)7-3-2-5-9(10)6-4-8-11/h9,12H,2-8,11H2,1H3. The average molecular weight is 171 g/mol. The molecule has 0 aliphatic heterocycles. The van der Waals surface area contributed by atoms with Gasteiger partial charge in [-0.2, -0.15) is 0 Å². The van der Waals surface area contributed by atoms with Gasteiger partial charge in [-0.3, -0.25) is 0 Å². The van der Waals surface area contributed by atoms with Crippen molar-refractivity contribution in [3.63, 3.8) is 0 Å². The fourth-order valence-corrected chi connectivity index (χ4v) is 2.21. The van der Waals surface area contributed by atoms with Crippen molar-refractivity contribution >= 4 is 0 Å². The summed E-state index contributed by atoms with van der Waals surface area (Å²) >= 11 is 0. The van der Waals surface area contributed by atoms with E-state index in [2.05, 4.69) is 0 Å². The number of hydrogen-bond acceptors (Lipinski definition) is 2. The first-order chi connectivity index (χ1) is 5.67. The molecule has 0 saturated heterocycles. The third-order valence-electron chi connectivity index (χ3n) is 3.12. The van der Waals surface area contributed by atoms with Crippen molar-refractivity contribution in [1.82, 2.24) is 0 Å². The minimum Gasteiger partial charge on any atom is -0.390 e. The summed E-state index contributed by atoms with van der Waals surface area (Å²) in [7, 11) is 0. The molecule has 1 rings (SSSR count). The molecule has 12 heavy (non-hydrogen) atoms. The molecule has 1 fully saturated rings. The Labute approximate surface area is 75.2 Å². The molecule has 0 bridgehead atoms. The first-order valence-corrected chi connectivity index (χ1v) is 5.09. The Morgan fingerprint density at radius 1 is 1.50 bits per heavy atom. The first-order valence-electron chi connectivity index (χ1n) is 5.09. The van der Waals surface area contributed by atoms with Crippen LogP contribution in [0.5, 0.6) is 0 Å². The highest BCUT2D eigenvalue weighted by molar-refractivity contribution is 4.85. The predicted molar refractivity (Wildman–Crippen MR) is 50.9 cm³/mol. The van der Waals surface area contributed by atoms with Crippen molar-refractivity contribution in [2.45, 2.75) is 51.0 Å². The Morgan fingerprint density at radius 2 is 2.25 bits per heavy atom. The van der Waals surface area contributed by atoms with Crippen LogP contribution < -0.4 is 5.73 Å². The second kappa shape index (κ2) is 4.24. The van der Waals surface area contributed by atoms with Gasteiger partial charge in [0.1, 0.15) is 0 Å². The second-order valence-electron chi connectivity index (χ2n) is 4.23. The van der Waals surface area contributed by atoms with Gasteiger partial charge in [0.05, 0.1) is 5.60 Å². The van der Waals surface area contributed by atoms with Crippen LogP contribution in [0.2, 0.25) is 0 Å². The maximum atomic E-state index is 10.0. The van der Waals surface area contributed by atoms with Gasteiger partial charge in [-0.15, -0.1) is 0 Å². The van der Waals surface area contributed by atoms with Gasteiger partial charge in [0, 0.05) is 0 Å². The zero-order valence-corrected chi connectivity index (χ0v) is 8.05. The van der Waals surface area contributed by atoms with Crippen molar-refractivity contribution in [2.75, 3.05) is 6.54 Å². The highest BCUT2D eigenvalue weighted by Gasteiger charge is 2.33. The van der Waals surface area contributed by atoms with Crippen LogP contribution in [0.3, 0.4) is 0 Å². The molecule has 0 aromatic heterocycles. The van der Waals surface area contributed by atoms with Crippen LogP contribution in [-0.2, 0) is 0 Å². The Hall–Kier alpha value is -0.0800. The van der Waals surface area contributed by atoms with Gasteiger partial charge in [-0.05, 0) is 45.1 Å². The molecule has 1 aliphatic carbocycles. The largest absolute Gasteiger partial charge is 0.390 e. The van der Waals surface area contributed by atoms with Gasteiger partial charge in [0.2, 0.25) is 0 Å². The van der Waals surface area contributed by atoms with Crippen molar-refractivity contribution in [2.24, 2.45) is 11.7 Å². The Morgan fingerprint density at radius 3 is 2.83 bits per heavy atom. The van der Waals surface area contributed by atoms with E-state index in [-0.39, 0.29) is 0 Å². The minimum atomic E-state index is -0.409. The van der Waals surface area contributed by atoms with Crippen LogP contribution in [0.25, 0.3) is 0 Å². The van der Waals surface area contributed by atoms with Crippen molar-refractivity contribution in [3.05, 3.63) is 0 Å². The normalized spacial score (nSPS) is 36.8. The third kappa shape index (κ3) is 2.46. The number of nitrogens with two attached hydrogens (primary N) is 1. The fraction of sp³-hybridized carbons (Fsp3) is 1.00. The molecule has 2 heteroatoms. The van der Waals surface area contributed by atoms with E-state index in [0.29, 0.717) is 5.92 Å². The number of aliphatic hydroxyl groups is 1. The van der Waals surface area contributed by atoms with Gasteiger partial charge in [-0.25, -0.2) is 0 Å². The maximum absolute atomic E-state index is 10.0. The monoisotopic (exact) mass is 171 g/mol. The van der Waals surface area contributed by atoms with Gasteiger partial charge in [0.15, 0.2) is 0 Å². The SMILES string of the molecule is CC1(O)CCCCC1CCCN. The van der Waals surface area contributed by atoms with Crippen LogP contribution in [0.15, 0.2) is 0 Å². The van der Waals surface area contributed by atoms with E-state index in [1.807, 2.05) is 6.92 Å². The molecular formula is C10H21NO. The van der Waals surface area contributed by atoms with Crippen LogP contribution in [0.4, 0.5) is 0 Å². The van der Waals surface area contributed by atoms with E-state index in [1.165, 1.54) is 19.3 Å². The number of hydrogen-bond donors (Lipinski definition) is 2. The molecule has 2 unspecified atom stereocenters. The molecule has 1 saturated carbocycles. The summed E-state index contributed by atoms with van der Waals surface area (Å²) in [6.45, 7) is 2.74. The third-order valence-corrected chi connectivity index (χ3v) is 3.12. The molecule has 0 amide bonds. The van der Waals surface area contributed by atoms with Crippen LogP contribution in [-0.4, -0.2) is 17.3 Å². The molecule has 0 spiro atoms.